The average molecular weight is 515 g/mol. The largest absolute Gasteiger partial charge is 0.390 e. The number of aromatic amines is 1. The minimum Gasteiger partial charge on any atom is -0.390 e. The van der Waals surface area contributed by atoms with E-state index in [1.165, 1.54) is 17.9 Å². The molecule has 0 unspecified atom stereocenters. The number of ether oxygens (including phenoxy) is 3. The zero-order valence-electron chi connectivity index (χ0n) is 21.0. The summed E-state index contributed by atoms with van der Waals surface area (Å²) in [6, 6.07) is 29.8. The van der Waals surface area contributed by atoms with Crippen LogP contribution in [0.4, 0.5) is 0 Å². The van der Waals surface area contributed by atoms with E-state index in [4.69, 9.17) is 14.2 Å². The van der Waals surface area contributed by atoms with Gasteiger partial charge in [0, 0.05) is 19.7 Å². The van der Waals surface area contributed by atoms with E-state index in [2.05, 4.69) is 4.98 Å². The highest BCUT2D eigenvalue weighted by Gasteiger charge is 2.42. The molecule has 2 heterocycles. The Labute approximate surface area is 220 Å². The van der Waals surface area contributed by atoms with Gasteiger partial charge in [-0.25, -0.2) is 4.79 Å². The van der Waals surface area contributed by atoms with Crippen LogP contribution in [-0.2, 0) is 26.4 Å². The predicted molar refractivity (Wildman–Crippen MR) is 142 cm³/mol. The number of rotatable bonds is 9. The van der Waals surface area contributed by atoms with Crippen molar-refractivity contribution in [1.29, 1.82) is 0 Å². The van der Waals surface area contributed by atoms with Gasteiger partial charge in [-0.05, 0) is 16.7 Å². The van der Waals surface area contributed by atoms with Crippen LogP contribution in [0.5, 0.6) is 0 Å². The van der Waals surface area contributed by atoms with Crippen molar-refractivity contribution in [3.8, 4) is 0 Å². The maximum Gasteiger partial charge on any atom is 0.330 e. The summed E-state index contributed by atoms with van der Waals surface area (Å²) < 4.78 is 19.3. The van der Waals surface area contributed by atoms with Crippen molar-refractivity contribution in [3.63, 3.8) is 0 Å². The van der Waals surface area contributed by atoms with Crippen molar-refractivity contribution in [3.05, 3.63) is 140 Å². The summed E-state index contributed by atoms with van der Waals surface area (Å²) in [5, 5.41) is 10.9. The first-order chi connectivity index (χ1) is 18.5. The van der Waals surface area contributed by atoms with Crippen LogP contribution in [0, 0.1) is 0 Å². The molecule has 1 fully saturated rings. The summed E-state index contributed by atoms with van der Waals surface area (Å²) in [6.07, 6.45) is -0.766. The van der Waals surface area contributed by atoms with Gasteiger partial charge < -0.3 is 19.3 Å². The quantitative estimate of drug-likeness (QED) is 0.332. The van der Waals surface area contributed by atoms with Crippen LogP contribution in [0.2, 0.25) is 0 Å². The number of aliphatic hydroxyl groups excluding tert-OH is 1. The summed E-state index contributed by atoms with van der Waals surface area (Å²) >= 11 is 0. The van der Waals surface area contributed by atoms with Gasteiger partial charge in [0.25, 0.3) is 5.56 Å². The molecular weight excluding hydrogens is 484 g/mol. The summed E-state index contributed by atoms with van der Waals surface area (Å²) in [4.78, 5) is 26.9. The van der Waals surface area contributed by atoms with Gasteiger partial charge in [0.05, 0.1) is 24.9 Å². The van der Waals surface area contributed by atoms with Crippen LogP contribution in [0.3, 0.4) is 0 Å². The Balaban J connectivity index is 1.48. The third-order valence-electron chi connectivity index (χ3n) is 6.86. The zero-order valence-corrected chi connectivity index (χ0v) is 21.0. The number of methoxy groups -OCH3 is 1. The second-order valence-electron chi connectivity index (χ2n) is 9.28. The Morgan fingerprint density at radius 3 is 1.95 bits per heavy atom. The molecule has 1 saturated heterocycles. The number of nitrogens with zero attached hydrogens (tertiary/aromatic N) is 1. The van der Waals surface area contributed by atoms with Gasteiger partial charge in [-0.1, -0.05) is 91.0 Å². The molecule has 0 saturated carbocycles. The fourth-order valence-electron chi connectivity index (χ4n) is 5.01. The fourth-order valence-corrected chi connectivity index (χ4v) is 5.01. The van der Waals surface area contributed by atoms with E-state index in [1.54, 1.807) is 0 Å². The second kappa shape index (κ2) is 11.3. The number of benzene rings is 3. The molecular formula is C30H30N2O6. The van der Waals surface area contributed by atoms with Gasteiger partial charge in [-0.2, -0.15) is 0 Å². The van der Waals surface area contributed by atoms with E-state index < -0.39 is 35.3 Å². The normalized spacial score (nSPS) is 19.5. The number of hydrogen-bond donors (Lipinski definition) is 2. The first kappa shape index (κ1) is 25.8. The number of H-pyrrole nitrogens is 1. The summed E-state index contributed by atoms with van der Waals surface area (Å²) in [5.74, 6) is 0. The lowest BCUT2D eigenvalue weighted by Gasteiger charge is -2.37. The molecule has 8 heteroatoms. The molecule has 3 aromatic carbocycles. The molecule has 4 aromatic rings. The molecule has 8 nitrogen and oxygen atoms in total. The molecule has 0 bridgehead atoms. The molecule has 1 aromatic heterocycles. The summed E-state index contributed by atoms with van der Waals surface area (Å²) in [5.41, 5.74) is 1.00. The fraction of sp³-hybridized carbons (Fsp3) is 0.267. The standard InChI is InChI=1S/C30H30N2O6/c1-36-19-21-18-32(29(35)31-28(21)34)27-17-25(33)26(38-27)20-37-30(22-11-5-2-6-12-22,23-13-7-3-8-14-23)24-15-9-4-10-16-24/h2-16,18,25-27,33H,17,19-20H2,1H3,(H,31,34,35)/t25-,26+,27+/m0/s1. The van der Waals surface area contributed by atoms with Crippen molar-refractivity contribution < 1.29 is 19.3 Å². The van der Waals surface area contributed by atoms with Gasteiger partial charge in [0.2, 0.25) is 0 Å². The maximum atomic E-state index is 12.5. The Kier molecular flexibility index (Phi) is 7.67. The zero-order chi connectivity index (χ0) is 26.5. The molecule has 0 spiro atoms. The van der Waals surface area contributed by atoms with Gasteiger partial charge in [-0.15, -0.1) is 0 Å². The Morgan fingerprint density at radius 1 is 0.921 bits per heavy atom. The molecule has 38 heavy (non-hydrogen) atoms. The van der Waals surface area contributed by atoms with Gasteiger partial charge in [0.15, 0.2) is 0 Å². The highest BCUT2D eigenvalue weighted by atomic mass is 16.6. The minimum absolute atomic E-state index is 0.0468. The van der Waals surface area contributed by atoms with E-state index in [0.717, 1.165) is 16.7 Å². The average Bonchev–Trinajstić information content (AvgIpc) is 3.32. The van der Waals surface area contributed by atoms with Crippen molar-refractivity contribution in [2.24, 2.45) is 0 Å². The van der Waals surface area contributed by atoms with E-state index in [9.17, 15) is 14.7 Å². The molecule has 0 amide bonds. The van der Waals surface area contributed by atoms with E-state index >= 15 is 0 Å². The summed E-state index contributed by atoms with van der Waals surface area (Å²) in [7, 11) is 1.47. The third-order valence-corrected chi connectivity index (χ3v) is 6.86. The first-order valence-corrected chi connectivity index (χ1v) is 12.5. The number of aromatic nitrogens is 2. The Bertz CT molecular complexity index is 1360. The molecule has 0 aliphatic carbocycles. The van der Waals surface area contributed by atoms with Crippen molar-refractivity contribution in [2.75, 3.05) is 13.7 Å². The molecule has 2 N–H and O–H groups in total. The second-order valence-corrected chi connectivity index (χ2v) is 9.28. The molecule has 0 radical (unpaired) electrons. The first-order valence-electron chi connectivity index (χ1n) is 12.5. The van der Waals surface area contributed by atoms with E-state index in [0.29, 0.717) is 5.56 Å². The molecule has 5 rings (SSSR count). The van der Waals surface area contributed by atoms with Crippen LogP contribution in [0.25, 0.3) is 0 Å². The number of nitrogens with one attached hydrogen (secondary N) is 1. The van der Waals surface area contributed by atoms with Crippen LogP contribution in [0.15, 0.2) is 107 Å². The highest BCUT2D eigenvalue weighted by molar-refractivity contribution is 5.47. The van der Waals surface area contributed by atoms with Crippen LogP contribution in [0.1, 0.15) is 34.9 Å². The minimum atomic E-state index is -0.967. The Hall–Kier alpha value is -3.82. The topological polar surface area (TPSA) is 103 Å². The third kappa shape index (κ3) is 4.99. The van der Waals surface area contributed by atoms with Crippen LogP contribution < -0.4 is 11.2 Å². The molecule has 1 aliphatic rings. The lowest BCUT2D eigenvalue weighted by Crippen LogP contribution is -2.38. The van der Waals surface area contributed by atoms with E-state index in [1.807, 2.05) is 91.0 Å². The lowest BCUT2D eigenvalue weighted by molar-refractivity contribution is -0.0944. The van der Waals surface area contributed by atoms with Crippen LogP contribution in [-0.4, -0.2) is 40.6 Å². The Morgan fingerprint density at radius 2 is 1.45 bits per heavy atom. The number of aliphatic hydroxyl groups is 1. The van der Waals surface area contributed by atoms with Crippen molar-refractivity contribution >= 4 is 0 Å². The highest BCUT2D eigenvalue weighted by Crippen LogP contribution is 2.41. The van der Waals surface area contributed by atoms with Crippen LogP contribution >= 0.6 is 0 Å². The summed E-state index contributed by atoms with van der Waals surface area (Å²) in [6.45, 7) is 0.102. The van der Waals surface area contributed by atoms with Crippen molar-refractivity contribution in [2.45, 2.75) is 37.1 Å². The van der Waals surface area contributed by atoms with Gasteiger partial charge in [-0.3, -0.25) is 14.3 Å². The SMILES string of the molecule is COCc1cn([C@H]2C[C@H](O)[C@@H](COC(c3ccccc3)(c3ccccc3)c3ccccc3)O2)c(=O)[nH]c1=O. The number of hydrogen-bond acceptors (Lipinski definition) is 6. The monoisotopic (exact) mass is 514 g/mol. The molecule has 1 aliphatic heterocycles. The van der Waals surface area contributed by atoms with Crippen molar-refractivity contribution in [1.82, 2.24) is 9.55 Å². The maximum absolute atomic E-state index is 12.5. The van der Waals surface area contributed by atoms with E-state index in [-0.39, 0.29) is 19.6 Å². The predicted octanol–water partition coefficient (Wildman–Crippen LogP) is 3.34. The molecule has 3 atom stereocenters. The van der Waals surface area contributed by atoms with Gasteiger partial charge in [0.1, 0.15) is 17.9 Å². The smallest absolute Gasteiger partial charge is 0.330 e. The lowest BCUT2D eigenvalue weighted by atomic mass is 9.80. The van der Waals surface area contributed by atoms with Gasteiger partial charge >= 0.3 is 5.69 Å². The molecule has 196 valence electrons.